The molecule has 2 heterocycles. The highest BCUT2D eigenvalue weighted by molar-refractivity contribution is 7.11. The molecule has 0 aromatic carbocycles. The number of carbonyl (C=O) groups is 1. The number of H-pyrrole nitrogens is 1. The Kier molecular flexibility index (Phi) is 3.71. The van der Waals surface area contributed by atoms with Crippen LogP contribution in [0.1, 0.15) is 34.4 Å². The van der Waals surface area contributed by atoms with Gasteiger partial charge < -0.3 is 5.32 Å². The predicted octanol–water partition coefficient (Wildman–Crippen LogP) is 1.30. The molecular weight excluding hydrogens is 250 g/mol. The predicted molar refractivity (Wildman–Crippen MR) is 68.2 cm³/mol. The van der Waals surface area contributed by atoms with E-state index in [1.807, 2.05) is 20.8 Å². The van der Waals surface area contributed by atoms with Crippen LogP contribution in [0.4, 0.5) is 0 Å². The molecule has 96 valence electrons. The SMILES string of the molecule is Cc1nc(CC(=O)NC(C)c2ncn[nH]2)c(C)s1. The van der Waals surface area contributed by atoms with E-state index in [0.29, 0.717) is 12.2 Å². The second kappa shape index (κ2) is 5.26. The number of nitrogens with zero attached hydrogens (tertiary/aromatic N) is 3. The lowest BCUT2D eigenvalue weighted by molar-refractivity contribution is -0.121. The van der Waals surface area contributed by atoms with E-state index in [1.165, 1.54) is 6.33 Å². The third kappa shape index (κ3) is 2.92. The van der Waals surface area contributed by atoms with E-state index in [2.05, 4.69) is 25.5 Å². The number of thiazole rings is 1. The molecule has 6 nitrogen and oxygen atoms in total. The van der Waals surface area contributed by atoms with E-state index in [0.717, 1.165) is 15.6 Å². The van der Waals surface area contributed by atoms with Crippen LogP contribution in [0, 0.1) is 13.8 Å². The minimum Gasteiger partial charge on any atom is -0.346 e. The van der Waals surface area contributed by atoms with Crippen molar-refractivity contribution in [3.63, 3.8) is 0 Å². The van der Waals surface area contributed by atoms with Crippen LogP contribution in [0.25, 0.3) is 0 Å². The van der Waals surface area contributed by atoms with Crippen LogP contribution >= 0.6 is 11.3 Å². The van der Waals surface area contributed by atoms with Crippen LogP contribution in [0.2, 0.25) is 0 Å². The summed E-state index contributed by atoms with van der Waals surface area (Å²) >= 11 is 1.61. The summed E-state index contributed by atoms with van der Waals surface area (Å²) in [5.41, 5.74) is 0.847. The molecule has 2 aromatic rings. The molecule has 0 spiro atoms. The summed E-state index contributed by atoms with van der Waals surface area (Å²) in [5, 5.41) is 10.3. The molecule has 0 saturated heterocycles. The molecule has 1 unspecified atom stereocenters. The van der Waals surface area contributed by atoms with Gasteiger partial charge in [-0.15, -0.1) is 11.3 Å². The quantitative estimate of drug-likeness (QED) is 0.872. The van der Waals surface area contributed by atoms with Gasteiger partial charge in [0.2, 0.25) is 5.91 Å². The second-order valence-corrected chi connectivity index (χ2v) is 5.48. The van der Waals surface area contributed by atoms with Crippen molar-refractivity contribution < 1.29 is 4.79 Å². The molecule has 1 amide bonds. The smallest absolute Gasteiger partial charge is 0.226 e. The van der Waals surface area contributed by atoms with E-state index < -0.39 is 0 Å². The largest absolute Gasteiger partial charge is 0.346 e. The topological polar surface area (TPSA) is 83.6 Å². The van der Waals surface area contributed by atoms with Gasteiger partial charge in [0.1, 0.15) is 12.2 Å². The fraction of sp³-hybridized carbons (Fsp3) is 0.455. The number of nitrogens with one attached hydrogen (secondary N) is 2. The van der Waals surface area contributed by atoms with Crippen LogP contribution in [0.5, 0.6) is 0 Å². The lowest BCUT2D eigenvalue weighted by atomic mass is 10.2. The van der Waals surface area contributed by atoms with Crippen molar-refractivity contribution >= 4 is 17.2 Å². The molecule has 2 N–H and O–H groups in total. The second-order valence-electron chi connectivity index (χ2n) is 4.07. The van der Waals surface area contributed by atoms with E-state index in [4.69, 9.17) is 0 Å². The molecule has 0 aliphatic heterocycles. The molecule has 0 bridgehead atoms. The minimum absolute atomic E-state index is 0.0627. The van der Waals surface area contributed by atoms with Crippen molar-refractivity contribution in [2.24, 2.45) is 0 Å². The fourth-order valence-electron chi connectivity index (χ4n) is 1.67. The Morgan fingerprint density at radius 2 is 2.33 bits per heavy atom. The van der Waals surface area contributed by atoms with Crippen LogP contribution < -0.4 is 5.32 Å². The van der Waals surface area contributed by atoms with Gasteiger partial charge >= 0.3 is 0 Å². The first-order valence-corrected chi connectivity index (χ1v) is 6.45. The number of hydrogen-bond acceptors (Lipinski definition) is 5. The Morgan fingerprint density at radius 1 is 1.56 bits per heavy atom. The number of aromatic nitrogens is 4. The van der Waals surface area contributed by atoms with Crippen molar-refractivity contribution in [1.29, 1.82) is 0 Å². The molecule has 0 aliphatic carbocycles. The number of hydrogen-bond donors (Lipinski definition) is 2. The van der Waals surface area contributed by atoms with Gasteiger partial charge in [0.25, 0.3) is 0 Å². The molecule has 0 fully saturated rings. The van der Waals surface area contributed by atoms with E-state index in [1.54, 1.807) is 11.3 Å². The Hall–Kier alpha value is -1.76. The van der Waals surface area contributed by atoms with E-state index >= 15 is 0 Å². The number of carbonyl (C=O) groups excluding carboxylic acids is 1. The van der Waals surface area contributed by atoms with Gasteiger partial charge in [-0.25, -0.2) is 9.97 Å². The molecule has 2 aromatic heterocycles. The van der Waals surface area contributed by atoms with Gasteiger partial charge in [-0.2, -0.15) is 5.10 Å². The van der Waals surface area contributed by atoms with E-state index in [-0.39, 0.29) is 11.9 Å². The van der Waals surface area contributed by atoms with Crippen molar-refractivity contribution in [2.75, 3.05) is 0 Å². The summed E-state index contributed by atoms with van der Waals surface area (Å²) in [6.45, 7) is 5.78. The van der Waals surface area contributed by atoms with Gasteiger partial charge in [-0.1, -0.05) is 0 Å². The molecule has 0 saturated carbocycles. The lowest BCUT2D eigenvalue weighted by Gasteiger charge is -2.10. The van der Waals surface area contributed by atoms with Crippen molar-refractivity contribution in [3.05, 3.63) is 27.7 Å². The van der Waals surface area contributed by atoms with Crippen LogP contribution in [-0.2, 0) is 11.2 Å². The van der Waals surface area contributed by atoms with Gasteiger partial charge in [-0.3, -0.25) is 9.89 Å². The standard InChI is InChI=1S/C11H15N5OS/c1-6(11-12-5-13-16-11)14-10(17)4-9-7(2)18-8(3)15-9/h5-6H,4H2,1-3H3,(H,14,17)(H,12,13,16). The molecule has 7 heteroatoms. The fourth-order valence-corrected chi connectivity index (χ4v) is 2.51. The zero-order valence-electron chi connectivity index (χ0n) is 10.5. The Balaban J connectivity index is 1.95. The average molecular weight is 265 g/mol. The zero-order valence-corrected chi connectivity index (χ0v) is 11.3. The first-order chi connectivity index (χ1) is 8.56. The van der Waals surface area contributed by atoms with Crippen LogP contribution in [-0.4, -0.2) is 26.1 Å². The van der Waals surface area contributed by atoms with Gasteiger partial charge in [0.05, 0.1) is 23.2 Å². The maximum absolute atomic E-state index is 11.9. The summed E-state index contributed by atoms with van der Waals surface area (Å²) in [7, 11) is 0. The third-order valence-electron chi connectivity index (χ3n) is 2.55. The number of aromatic amines is 1. The first-order valence-electron chi connectivity index (χ1n) is 5.64. The Labute approximate surface area is 109 Å². The highest BCUT2D eigenvalue weighted by Crippen LogP contribution is 2.17. The molecule has 1 atom stereocenters. The summed E-state index contributed by atoms with van der Waals surface area (Å²) in [6.07, 6.45) is 1.72. The molecule has 0 radical (unpaired) electrons. The maximum atomic E-state index is 11.9. The van der Waals surface area contributed by atoms with Crippen molar-refractivity contribution in [2.45, 2.75) is 33.2 Å². The summed E-state index contributed by atoms with van der Waals surface area (Å²) < 4.78 is 0. The van der Waals surface area contributed by atoms with Crippen molar-refractivity contribution in [3.8, 4) is 0 Å². The highest BCUT2D eigenvalue weighted by Gasteiger charge is 2.14. The van der Waals surface area contributed by atoms with Gasteiger partial charge in [0, 0.05) is 4.88 Å². The summed E-state index contributed by atoms with van der Waals surface area (Å²) in [4.78, 5) is 21.3. The summed E-state index contributed by atoms with van der Waals surface area (Å²) in [5.74, 6) is 0.585. The Morgan fingerprint density at radius 3 is 2.89 bits per heavy atom. The third-order valence-corrected chi connectivity index (χ3v) is 3.48. The highest BCUT2D eigenvalue weighted by atomic mass is 32.1. The maximum Gasteiger partial charge on any atom is 0.226 e. The summed E-state index contributed by atoms with van der Waals surface area (Å²) in [6, 6.07) is -0.181. The average Bonchev–Trinajstić information content (AvgIpc) is 2.89. The number of amides is 1. The molecule has 0 aliphatic rings. The molecular formula is C11H15N5OS. The molecule has 18 heavy (non-hydrogen) atoms. The first kappa shape index (κ1) is 12.7. The van der Waals surface area contributed by atoms with Gasteiger partial charge in [0.15, 0.2) is 0 Å². The minimum atomic E-state index is -0.181. The van der Waals surface area contributed by atoms with E-state index in [9.17, 15) is 4.79 Å². The monoisotopic (exact) mass is 265 g/mol. The zero-order chi connectivity index (χ0) is 13.1. The lowest BCUT2D eigenvalue weighted by Crippen LogP contribution is -2.29. The van der Waals surface area contributed by atoms with Gasteiger partial charge in [-0.05, 0) is 20.8 Å². The van der Waals surface area contributed by atoms with Crippen LogP contribution in [0.15, 0.2) is 6.33 Å². The number of rotatable bonds is 4. The van der Waals surface area contributed by atoms with Crippen molar-refractivity contribution in [1.82, 2.24) is 25.5 Å². The van der Waals surface area contributed by atoms with Crippen LogP contribution in [0.3, 0.4) is 0 Å². The molecule has 2 rings (SSSR count). The Bertz CT molecular complexity index is 534. The number of aryl methyl sites for hydroxylation is 2. The normalized spacial score (nSPS) is 12.4.